The number of hydrogen-bond donors (Lipinski definition) is 1. The number of thioether (sulfide) groups is 1. The Morgan fingerprint density at radius 2 is 1.86 bits per heavy atom. The van der Waals surface area contributed by atoms with E-state index in [1.54, 1.807) is 23.9 Å². The predicted molar refractivity (Wildman–Crippen MR) is 85.2 cm³/mol. The second-order valence-electron chi connectivity index (χ2n) is 4.56. The molecule has 6 heteroatoms. The van der Waals surface area contributed by atoms with Gasteiger partial charge in [0.25, 0.3) is 0 Å². The molecule has 0 aliphatic heterocycles. The number of hydrogen-bond acceptors (Lipinski definition) is 5. The van der Waals surface area contributed by atoms with Gasteiger partial charge in [0.1, 0.15) is 5.82 Å². The van der Waals surface area contributed by atoms with Crippen LogP contribution in [-0.4, -0.2) is 16.5 Å². The summed E-state index contributed by atoms with van der Waals surface area (Å²) in [6.07, 6.45) is 2.03. The first kappa shape index (κ1) is 14.6. The average molecular weight is 315 g/mol. The van der Waals surface area contributed by atoms with Gasteiger partial charge < -0.3 is 9.73 Å². The van der Waals surface area contributed by atoms with Gasteiger partial charge in [-0.3, -0.25) is 0 Å². The molecule has 0 saturated carbocycles. The van der Waals surface area contributed by atoms with Crippen molar-refractivity contribution >= 4 is 17.4 Å². The number of aromatic nitrogens is 2. The first-order valence-corrected chi connectivity index (χ1v) is 7.94. The van der Waals surface area contributed by atoms with E-state index in [-0.39, 0.29) is 5.82 Å². The van der Waals surface area contributed by atoms with E-state index >= 15 is 0 Å². The van der Waals surface area contributed by atoms with Gasteiger partial charge in [-0.1, -0.05) is 12.1 Å². The van der Waals surface area contributed by atoms with Crippen LogP contribution in [0.15, 0.2) is 57.8 Å². The quantitative estimate of drug-likeness (QED) is 0.715. The summed E-state index contributed by atoms with van der Waals surface area (Å²) in [5.41, 5.74) is 1.72. The van der Waals surface area contributed by atoms with Crippen molar-refractivity contribution < 1.29 is 8.81 Å². The van der Waals surface area contributed by atoms with Crippen LogP contribution < -0.4 is 5.32 Å². The summed E-state index contributed by atoms with van der Waals surface area (Å²) in [4.78, 5) is 1.15. The summed E-state index contributed by atoms with van der Waals surface area (Å²) >= 11 is 1.67. The largest absolute Gasteiger partial charge is 0.419 e. The van der Waals surface area contributed by atoms with Gasteiger partial charge in [-0.25, -0.2) is 4.39 Å². The highest BCUT2D eigenvalue weighted by atomic mass is 32.2. The van der Waals surface area contributed by atoms with Crippen molar-refractivity contribution in [1.29, 1.82) is 0 Å². The summed E-state index contributed by atoms with van der Waals surface area (Å²) in [5, 5.41) is 11.3. The minimum atomic E-state index is -0.293. The molecule has 0 atom stereocenters. The second kappa shape index (κ2) is 6.62. The van der Waals surface area contributed by atoms with Gasteiger partial charge in [-0.15, -0.1) is 22.0 Å². The third-order valence-corrected chi connectivity index (χ3v) is 3.89. The highest BCUT2D eigenvalue weighted by Gasteiger charge is 2.09. The van der Waals surface area contributed by atoms with Gasteiger partial charge in [-0.2, -0.15) is 0 Å². The molecule has 3 rings (SSSR count). The molecule has 0 spiro atoms. The molecule has 2 aromatic carbocycles. The van der Waals surface area contributed by atoms with Crippen molar-refractivity contribution in [3.8, 4) is 11.5 Å². The maximum absolute atomic E-state index is 12.9. The Morgan fingerprint density at radius 3 is 2.64 bits per heavy atom. The Kier molecular flexibility index (Phi) is 4.39. The Balaban J connectivity index is 1.71. The molecule has 0 unspecified atom stereocenters. The van der Waals surface area contributed by atoms with Crippen LogP contribution in [0.3, 0.4) is 0 Å². The number of nitrogens with zero attached hydrogens (tertiary/aromatic N) is 2. The van der Waals surface area contributed by atoms with E-state index < -0.39 is 0 Å². The van der Waals surface area contributed by atoms with Crippen molar-refractivity contribution in [2.75, 3.05) is 11.6 Å². The van der Waals surface area contributed by atoms with E-state index in [9.17, 15) is 4.39 Å². The normalized spacial score (nSPS) is 10.6. The number of para-hydroxylation sites is 1. The molecule has 0 saturated heterocycles. The smallest absolute Gasteiger partial charge is 0.247 e. The van der Waals surface area contributed by atoms with E-state index in [1.165, 1.54) is 12.1 Å². The lowest BCUT2D eigenvalue weighted by Crippen LogP contribution is -2.00. The number of anilines is 1. The Labute approximate surface area is 131 Å². The Bertz CT molecular complexity index is 758. The Hall–Kier alpha value is -2.34. The van der Waals surface area contributed by atoms with Crippen molar-refractivity contribution in [1.82, 2.24) is 10.2 Å². The lowest BCUT2D eigenvalue weighted by molar-refractivity contribution is 0.514. The minimum absolute atomic E-state index is 0.293. The molecular weight excluding hydrogens is 301 g/mol. The maximum Gasteiger partial charge on any atom is 0.247 e. The summed E-state index contributed by atoms with van der Waals surface area (Å²) in [6, 6.07) is 14.0. The van der Waals surface area contributed by atoms with Crippen LogP contribution >= 0.6 is 11.8 Å². The molecule has 3 aromatic rings. The monoisotopic (exact) mass is 315 g/mol. The summed E-state index contributed by atoms with van der Waals surface area (Å²) < 4.78 is 18.5. The number of rotatable bonds is 5. The van der Waals surface area contributed by atoms with E-state index in [0.717, 1.165) is 10.6 Å². The van der Waals surface area contributed by atoms with Gasteiger partial charge in [0, 0.05) is 16.1 Å². The van der Waals surface area contributed by atoms with Crippen LogP contribution in [-0.2, 0) is 6.54 Å². The highest BCUT2D eigenvalue weighted by Crippen LogP contribution is 2.25. The Morgan fingerprint density at radius 1 is 1.09 bits per heavy atom. The third kappa shape index (κ3) is 3.28. The average Bonchev–Trinajstić information content (AvgIpc) is 3.03. The fourth-order valence-corrected chi connectivity index (χ4v) is 2.57. The molecule has 0 aliphatic carbocycles. The van der Waals surface area contributed by atoms with Crippen LogP contribution in [0.25, 0.3) is 11.5 Å². The van der Waals surface area contributed by atoms with Gasteiger partial charge in [0.2, 0.25) is 11.8 Å². The summed E-state index contributed by atoms with van der Waals surface area (Å²) in [5.74, 6) is 0.573. The van der Waals surface area contributed by atoms with Crippen molar-refractivity contribution in [2.24, 2.45) is 0 Å². The molecule has 0 amide bonds. The molecule has 0 fully saturated rings. The first-order valence-electron chi connectivity index (χ1n) is 6.71. The molecular formula is C16H14FN3OS. The molecule has 0 bridgehead atoms. The summed E-state index contributed by atoms with van der Waals surface area (Å²) in [7, 11) is 0. The molecule has 4 nitrogen and oxygen atoms in total. The van der Waals surface area contributed by atoms with Crippen molar-refractivity contribution in [3.05, 3.63) is 60.2 Å². The maximum atomic E-state index is 12.9. The molecule has 22 heavy (non-hydrogen) atoms. The highest BCUT2D eigenvalue weighted by molar-refractivity contribution is 7.98. The zero-order valence-corrected chi connectivity index (χ0v) is 12.7. The first-order chi connectivity index (χ1) is 10.8. The topological polar surface area (TPSA) is 51.0 Å². The second-order valence-corrected chi connectivity index (χ2v) is 5.41. The molecule has 0 radical (unpaired) electrons. The lowest BCUT2D eigenvalue weighted by atomic mass is 10.2. The zero-order chi connectivity index (χ0) is 15.4. The molecule has 1 aromatic heterocycles. The minimum Gasteiger partial charge on any atom is -0.419 e. The fraction of sp³-hybridized carbons (Fsp3) is 0.125. The van der Waals surface area contributed by atoms with Gasteiger partial charge in [0.15, 0.2) is 0 Å². The van der Waals surface area contributed by atoms with E-state index in [4.69, 9.17) is 4.42 Å². The van der Waals surface area contributed by atoms with Gasteiger partial charge >= 0.3 is 0 Å². The molecule has 1 heterocycles. The molecule has 112 valence electrons. The summed E-state index contributed by atoms with van der Waals surface area (Å²) in [6.45, 7) is 0.436. The lowest BCUT2D eigenvalue weighted by Gasteiger charge is -2.07. The van der Waals surface area contributed by atoms with Crippen LogP contribution in [0.4, 0.5) is 10.1 Å². The van der Waals surface area contributed by atoms with Crippen LogP contribution in [0, 0.1) is 5.82 Å². The van der Waals surface area contributed by atoms with Crippen LogP contribution in [0.5, 0.6) is 0 Å². The number of halogens is 1. The van der Waals surface area contributed by atoms with E-state index in [1.807, 2.05) is 30.5 Å². The number of nitrogens with one attached hydrogen (secondary N) is 1. The third-order valence-electron chi connectivity index (χ3n) is 3.10. The fourth-order valence-electron chi connectivity index (χ4n) is 2.00. The number of benzene rings is 2. The van der Waals surface area contributed by atoms with E-state index in [0.29, 0.717) is 23.9 Å². The standard InChI is InChI=1S/C16H14FN3OS/c1-22-14-5-3-2-4-13(14)18-10-15-19-20-16(21-15)11-6-8-12(17)9-7-11/h2-9,18H,10H2,1H3. The van der Waals surface area contributed by atoms with E-state index in [2.05, 4.69) is 15.5 Å². The van der Waals surface area contributed by atoms with Crippen LogP contribution in [0.1, 0.15) is 5.89 Å². The molecule has 1 N–H and O–H groups in total. The van der Waals surface area contributed by atoms with Crippen LogP contribution in [0.2, 0.25) is 0 Å². The zero-order valence-electron chi connectivity index (χ0n) is 11.9. The molecule has 0 aliphatic rings. The predicted octanol–water partition coefficient (Wildman–Crippen LogP) is 4.21. The van der Waals surface area contributed by atoms with Crippen molar-refractivity contribution in [2.45, 2.75) is 11.4 Å². The van der Waals surface area contributed by atoms with Gasteiger partial charge in [-0.05, 0) is 42.7 Å². The van der Waals surface area contributed by atoms with Crippen molar-refractivity contribution in [3.63, 3.8) is 0 Å². The SMILES string of the molecule is CSc1ccccc1NCc1nnc(-c2ccc(F)cc2)o1. The van der Waals surface area contributed by atoms with Gasteiger partial charge in [0.05, 0.1) is 6.54 Å².